The maximum atomic E-state index is 12.2. The van der Waals surface area contributed by atoms with E-state index in [0.717, 1.165) is 11.0 Å². The Bertz CT molecular complexity index is 606. The van der Waals surface area contributed by atoms with E-state index >= 15 is 0 Å². The van der Waals surface area contributed by atoms with Crippen molar-refractivity contribution in [1.29, 1.82) is 0 Å². The number of hydrogen-bond acceptors (Lipinski definition) is 2. The number of benzene rings is 2. The average molecular weight is 210 g/mol. The van der Waals surface area contributed by atoms with E-state index in [2.05, 4.69) is 0 Å². The molecule has 0 saturated carbocycles. The summed E-state index contributed by atoms with van der Waals surface area (Å²) in [5.74, 6) is -0.0349. The van der Waals surface area contributed by atoms with Gasteiger partial charge in [-0.15, -0.1) is 0 Å². The Hall–Kier alpha value is -2.29. The molecule has 2 heterocycles. The summed E-state index contributed by atoms with van der Waals surface area (Å²) < 4.78 is 1.69. The SMILES string of the molecule is Nc1cccc(C(=O)n2c3ccc2cc3)c1. The Labute approximate surface area is 92.4 Å². The van der Waals surface area contributed by atoms with Gasteiger partial charge in [0.1, 0.15) is 0 Å². The monoisotopic (exact) mass is 210 g/mol. The predicted octanol–water partition coefficient (Wildman–Crippen LogP) is 2.35. The number of aromatic nitrogens is 1. The molecule has 3 heteroatoms. The molecule has 0 aliphatic heterocycles. The highest BCUT2D eigenvalue weighted by Crippen LogP contribution is 2.19. The minimum atomic E-state index is -0.0349. The second kappa shape index (κ2) is 3.10. The standard InChI is InChI=1S/C13H10N2O/c14-10-3-1-2-9(8-10)13(16)15-11-4-5-12(15)7-6-11/h1-8H,14H2. The third-order valence-electron chi connectivity index (χ3n) is 2.70. The van der Waals surface area contributed by atoms with Gasteiger partial charge >= 0.3 is 0 Å². The zero-order chi connectivity index (χ0) is 11.1. The van der Waals surface area contributed by atoms with Crippen LogP contribution in [-0.4, -0.2) is 10.5 Å². The molecule has 16 heavy (non-hydrogen) atoms. The van der Waals surface area contributed by atoms with Crippen LogP contribution in [0.3, 0.4) is 0 Å². The highest BCUT2D eigenvalue weighted by molar-refractivity contribution is 6.03. The second-order valence-corrected chi connectivity index (χ2v) is 3.78. The molecule has 2 aromatic heterocycles. The normalized spacial score (nSPS) is 11.0. The molecule has 3 rings (SSSR count). The summed E-state index contributed by atoms with van der Waals surface area (Å²) in [6.07, 6.45) is 0. The number of nitrogens with zero attached hydrogens (tertiary/aromatic N) is 1. The van der Waals surface area contributed by atoms with E-state index < -0.39 is 0 Å². The highest BCUT2D eigenvalue weighted by atomic mass is 16.2. The minimum absolute atomic E-state index is 0.0349. The van der Waals surface area contributed by atoms with Gasteiger partial charge in [-0.05, 0) is 42.5 Å². The fourth-order valence-electron chi connectivity index (χ4n) is 1.94. The van der Waals surface area contributed by atoms with Gasteiger partial charge in [0.2, 0.25) is 0 Å². The molecular weight excluding hydrogens is 200 g/mol. The van der Waals surface area contributed by atoms with Crippen LogP contribution in [0.4, 0.5) is 5.69 Å². The Morgan fingerprint density at radius 3 is 2.19 bits per heavy atom. The van der Waals surface area contributed by atoms with E-state index in [1.165, 1.54) is 0 Å². The number of nitrogens with two attached hydrogens (primary N) is 1. The van der Waals surface area contributed by atoms with E-state index in [9.17, 15) is 4.79 Å². The lowest BCUT2D eigenvalue weighted by Gasteiger charge is -2.03. The topological polar surface area (TPSA) is 48.0 Å². The molecule has 0 saturated heterocycles. The number of hydrogen-bond donors (Lipinski definition) is 1. The maximum absolute atomic E-state index is 12.2. The third kappa shape index (κ3) is 1.18. The summed E-state index contributed by atoms with van der Waals surface area (Å²) in [4.78, 5) is 12.2. The first-order valence-electron chi connectivity index (χ1n) is 5.06. The molecule has 0 atom stereocenters. The fourth-order valence-corrected chi connectivity index (χ4v) is 1.94. The first kappa shape index (κ1) is 8.97. The van der Waals surface area contributed by atoms with Crippen molar-refractivity contribution in [3.8, 4) is 0 Å². The molecule has 0 radical (unpaired) electrons. The average Bonchev–Trinajstić information content (AvgIpc) is 2.87. The smallest absolute Gasteiger partial charge is 0.262 e. The van der Waals surface area contributed by atoms with Crippen molar-refractivity contribution in [2.24, 2.45) is 0 Å². The van der Waals surface area contributed by atoms with E-state index in [-0.39, 0.29) is 5.91 Å². The number of carbonyl (C=O) groups is 1. The predicted molar refractivity (Wildman–Crippen MR) is 63.7 cm³/mol. The molecule has 78 valence electrons. The summed E-state index contributed by atoms with van der Waals surface area (Å²) in [5, 5.41) is 0. The van der Waals surface area contributed by atoms with Gasteiger partial charge in [-0.1, -0.05) is 6.07 Å². The van der Waals surface area contributed by atoms with Gasteiger partial charge in [0, 0.05) is 22.3 Å². The molecule has 0 spiro atoms. The zero-order valence-corrected chi connectivity index (χ0v) is 8.55. The molecule has 3 nitrogen and oxygen atoms in total. The van der Waals surface area contributed by atoms with Crippen LogP contribution < -0.4 is 5.73 Å². The Morgan fingerprint density at radius 1 is 1.00 bits per heavy atom. The molecule has 2 N–H and O–H groups in total. The van der Waals surface area contributed by atoms with Crippen LogP contribution in [0.5, 0.6) is 0 Å². The number of carbonyl (C=O) groups excluding carboxylic acids is 1. The number of nitrogen functional groups attached to an aromatic ring is 1. The molecule has 0 fully saturated rings. The summed E-state index contributed by atoms with van der Waals surface area (Å²) in [6.45, 7) is 0. The zero-order valence-electron chi connectivity index (χ0n) is 8.55. The highest BCUT2D eigenvalue weighted by Gasteiger charge is 2.13. The molecule has 0 aliphatic rings. The molecule has 2 bridgehead atoms. The van der Waals surface area contributed by atoms with Gasteiger partial charge < -0.3 is 5.73 Å². The first-order chi connectivity index (χ1) is 7.75. The van der Waals surface area contributed by atoms with E-state index in [0.29, 0.717) is 11.3 Å². The van der Waals surface area contributed by atoms with Gasteiger partial charge in [0.05, 0.1) is 0 Å². The van der Waals surface area contributed by atoms with Crippen molar-refractivity contribution in [2.45, 2.75) is 0 Å². The van der Waals surface area contributed by atoms with Crippen molar-refractivity contribution < 1.29 is 4.79 Å². The van der Waals surface area contributed by atoms with Gasteiger partial charge in [-0.3, -0.25) is 9.36 Å². The van der Waals surface area contributed by atoms with E-state index in [1.807, 2.05) is 24.3 Å². The van der Waals surface area contributed by atoms with Crippen molar-refractivity contribution in [2.75, 3.05) is 5.73 Å². The van der Waals surface area contributed by atoms with Crippen molar-refractivity contribution in [3.05, 3.63) is 54.1 Å². The first-order valence-corrected chi connectivity index (χ1v) is 5.06. The van der Waals surface area contributed by atoms with Crippen molar-refractivity contribution in [3.63, 3.8) is 0 Å². The summed E-state index contributed by atoms with van der Waals surface area (Å²) in [5.41, 5.74) is 8.72. The largest absolute Gasteiger partial charge is 0.399 e. The number of rotatable bonds is 1. The Kier molecular flexibility index (Phi) is 1.74. The third-order valence-corrected chi connectivity index (χ3v) is 2.70. The van der Waals surface area contributed by atoms with Gasteiger partial charge in [-0.25, -0.2) is 0 Å². The molecule has 1 aromatic carbocycles. The lowest BCUT2D eigenvalue weighted by Crippen LogP contribution is -2.10. The van der Waals surface area contributed by atoms with Crippen LogP contribution in [0.25, 0.3) is 11.0 Å². The minimum Gasteiger partial charge on any atom is -0.399 e. The van der Waals surface area contributed by atoms with Crippen LogP contribution in [0.1, 0.15) is 10.4 Å². The van der Waals surface area contributed by atoms with Crippen LogP contribution in [-0.2, 0) is 0 Å². The summed E-state index contributed by atoms with van der Waals surface area (Å²) in [7, 11) is 0. The maximum Gasteiger partial charge on any atom is 0.262 e. The van der Waals surface area contributed by atoms with Crippen molar-refractivity contribution >= 4 is 22.6 Å². The molecule has 0 amide bonds. The van der Waals surface area contributed by atoms with Crippen LogP contribution >= 0.6 is 0 Å². The van der Waals surface area contributed by atoms with Crippen LogP contribution in [0, 0.1) is 0 Å². The fraction of sp³-hybridized carbons (Fsp3) is 0. The quantitative estimate of drug-likeness (QED) is 0.627. The molecule has 3 aromatic rings. The number of anilines is 1. The second-order valence-electron chi connectivity index (χ2n) is 3.78. The van der Waals surface area contributed by atoms with Gasteiger partial charge in [0.15, 0.2) is 0 Å². The van der Waals surface area contributed by atoms with E-state index in [1.54, 1.807) is 28.8 Å². The van der Waals surface area contributed by atoms with E-state index in [4.69, 9.17) is 5.73 Å². The molecule has 0 aliphatic carbocycles. The van der Waals surface area contributed by atoms with Gasteiger partial charge in [-0.2, -0.15) is 0 Å². The molecular formula is C13H10N2O. The molecule has 0 unspecified atom stereocenters. The Balaban J connectivity index is 2.12. The van der Waals surface area contributed by atoms with Crippen LogP contribution in [0.15, 0.2) is 48.5 Å². The number of fused-ring (bicyclic) bond motifs is 2. The summed E-state index contributed by atoms with van der Waals surface area (Å²) in [6, 6.07) is 14.7. The Morgan fingerprint density at radius 2 is 1.62 bits per heavy atom. The lowest BCUT2D eigenvalue weighted by molar-refractivity contribution is 0.0970. The lowest BCUT2D eigenvalue weighted by atomic mass is 10.2. The van der Waals surface area contributed by atoms with Crippen molar-refractivity contribution in [1.82, 2.24) is 4.57 Å². The van der Waals surface area contributed by atoms with Gasteiger partial charge in [0.25, 0.3) is 5.91 Å². The van der Waals surface area contributed by atoms with Crippen LogP contribution in [0.2, 0.25) is 0 Å². The summed E-state index contributed by atoms with van der Waals surface area (Å²) >= 11 is 0.